The Morgan fingerprint density at radius 1 is 0.976 bits per heavy atom. The van der Waals surface area contributed by atoms with Crippen LogP contribution in [0.3, 0.4) is 0 Å². The summed E-state index contributed by atoms with van der Waals surface area (Å²) in [5.74, 6) is 0.507. The first-order chi connectivity index (χ1) is 20.2. The molecule has 0 fully saturated rings. The average Bonchev–Trinajstić information content (AvgIpc) is 3.44. The summed E-state index contributed by atoms with van der Waals surface area (Å²) in [6.07, 6.45) is 2.48. The number of fused-ring (bicyclic) bond motifs is 1. The van der Waals surface area contributed by atoms with E-state index < -0.39 is 16.1 Å². The van der Waals surface area contributed by atoms with Crippen LogP contribution >= 0.6 is 11.6 Å². The van der Waals surface area contributed by atoms with E-state index in [-0.39, 0.29) is 44.5 Å². The predicted molar refractivity (Wildman–Crippen MR) is 163 cm³/mol. The summed E-state index contributed by atoms with van der Waals surface area (Å²) in [7, 11) is -3.65. The number of rotatable bonds is 14. The number of sulfonamides is 1. The van der Waals surface area contributed by atoms with Gasteiger partial charge in [0.2, 0.25) is 28.6 Å². The van der Waals surface area contributed by atoms with Gasteiger partial charge >= 0.3 is 0 Å². The molecule has 11 heteroatoms. The Bertz CT molecular complexity index is 1480. The molecule has 1 heterocycles. The summed E-state index contributed by atoms with van der Waals surface area (Å²) in [5, 5.41) is 3.48. The SMILES string of the molecule is CCCNC(=O)C(Cc1ccccc1)N(Cc1cccc(Cl)c1)C(=O)CCCN(c1ccc2c(c1)OCO2)S(C)(=O)=O. The summed E-state index contributed by atoms with van der Waals surface area (Å²) in [6, 6.07) is 20.9. The Morgan fingerprint density at radius 2 is 1.71 bits per heavy atom. The highest BCUT2D eigenvalue weighted by Crippen LogP contribution is 2.36. The molecule has 0 saturated heterocycles. The summed E-state index contributed by atoms with van der Waals surface area (Å²) < 4.78 is 37.4. The lowest BCUT2D eigenvalue weighted by atomic mass is 10.0. The molecule has 2 amide bonds. The predicted octanol–water partition coefficient (Wildman–Crippen LogP) is 4.78. The van der Waals surface area contributed by atoms with Crippen molar-refractivity contribution < 1.29 is 27.5 Å². The second-order valence-corrected chi connectivity index (χ2v) is 12.5. The van der Waals surface area contributed by atoms with Gasteiger partial charge in [0.25, 0.3) is 0 Å². The Hall–Kier alpha value is -3.76. The third kappa shape index (κ3) is 8.39. The van der Waals surface area contributed by atoms with Gasteiger partial charge in [0.1, 0.15) is 6.04 Å². The van der Waals surface area contributed by atoms with Crippen molar-refractivity contribution in [3.8, 4) is 11.5 Å². The van der Waals surface area contributed by atoms with Crippen molar-refractivity contribution in [1.82, 2.24) is 10.2 Å². The van der Waals surface area contributed by atoms with E-state index in [4.69, 9.17) is 21.1 Å². The molecule has 0 saturated carbocycles. The number of anilines is 1. The number of hydrogen-bond donors (Lipinski definition) is 1. The van der Waals surface area contributed by atoms with Crippen LogP contribution in [0.5, 0.6) is 11.5 Å². The fourth-order valence-electron chi connectivity index (χ4n) is 4.80. The molecule has 9 nitrogen and oxygen atoms in total. The molecule has 0 aliphatic carbocycles. The minimum absolute atomic E-state index is 0.0312. The molecule has 0 bridgehead atoms. The zero-order valence-electron chi connectivity index (χ0n) is 23.8. The van der Waals surface area contributed by atoms with Gasteiger partial charge in [-0.05, 0) is 48.2 Å². The number of carbonyl (C=O) groups is 2. The van der Waals surface area contributed by atoms with Gasteiger partial charge in [0, 0.05) is 43.6 Å². The smallest absolute Gasteiger partial charge is 0.243 e. The lowest BCUT2D eigenvalue weighted by Gasteiger charge is -2.32. The number of benzene rings is 3. The van der Waals surface area contributed by atoms with Crippen molar-refractivity contribution >= 4 is 39.1 Å². The minimum Gasteiger partial charge on any atom is -0.454 e. The van der Waals surface area contributed by atoms with Crippen LogP contribution < -0.4 is 19.1 Å². The normalized spacial score (nSPS) is 12.9. The average molecular weight is 614 g/mol. The van der Waals surface area contributed by atoms with Gasteiger partial charge in [-0.1, -0.05) is 61.0 Å². The van der Waals surface area contributed by atoms with Gasteiger partial charge < -0.3 is 19.7 Å². The van der Waals surface area contributed by atoms with E-state index >= 15 is 0 Å². The molecule has 1 unspecified atom stereocenters. The molecule has 42 heavy (non-hydrogen) atoms. The van der Waals surface area contributed by atoms with E-state index in [1.165, 1.54) is 4.31 Å². The number of nitrogens with one attached hydrogen (secondary N) is 1. The fourth-order valence-corrected chi connectivity index (χ4v) is 5.97. The van der Waals surface area contributed by atoms with Gasteiger partial charge in [-0.3, -0.25) is 13.9 Å². The topological polar surface area (TPSA) is 105 Å². The summed E-state index contributed by atoms with van der Waals surface area (Å²) >= 11 is 6.24. The number of nitrogens with zero attached hydrogens (tertiary/aromatic N) is 2. The standard InChI is InChI=1S/C31H36ClN3O6S/c1-3-16-33-31(37)27(19-23-9-5-4-6-10-23)34(21-24-11-7-12-25(32)18-24)30(36)13-8-17-35(42(2,38)39)26-14-15-28-29(20-26)41-22-40-28/h4-7,9-12,14-15,18,20,27H,3,8,13,16-17,19,21-22H2,1-2H3,(H,33,37). The van der Waals surface area contributed by atoms with Crippen molar-refractivity contribution in [2.45, 2.75) is 45.2 Å². The number of hydrogen-bond acceptors (Lipinski definition) is 6. The number of halogens is 1. The number of carbonyl (C=O) groups excluding carboxylic acids is 2. The maximum Gasteiger partial charge on any atom is 0.243 e. The van der Waals surface area contributed by atoms with Crippen LogP contribution in [0, 0.1) is 0 Å². The molecule has 3 aromatic rings. The molecule has 1 aliphatic heterocycles. The van der Waals surface area contributed by atoms with Crippen LogP contribution in [0.2, 0.25) is 5.02 Å². The zero-order chi connectivity index (χ0) is 30.1. The number of ether oxygens (including phenoxy) is 2. The molecule has 1 aliphatic rings. The van der Waals surface area contributed by atoms with Gasteiger partial charge in [0.15, 0.2) is 11.5 Å². The minimum atomic E-state index is -3.65. The molecular formula is C31H36ClN3O6S. The van der Waals surface area contributed by atoms with Crippen molar-refractivity contribution in [3.05, 3.63) is 88.9 Å². The quantitative estimate of drug-likeness (QED) is 0.281. The monoisotopic (exact) mass is 613 g/mol. The van der Waals surface area contributed by atoms with Gasteiger partial charge in [-0.25, -0.2) is 8.42 Å². The molecular weight excluding hydrogens is 578 g/mol. The highest BCUT2D eigenvalue weighted by molar-refractivity contribution is 7.92. The Labute approximate surface area is 252 Å². The van der Waals surface area contributed by atoms with Gasteiger partial charge in [-0.15, -0.1) is 0 Å². The van der Waals surface area contributed by atoms with E-state index in [9.17, 15) is 18.0 Å². The highest BCUT2D eigenvalue weighted by Gasteiger charge is 2.30. The van der Waals surface area contributed by atoms with Crippen LogP contribution in [0.25, 0.3) is 0 Å². The zero-order valence-corrected chi connectivity index (χ0v) is 25.4. The summed E-state index contributed by atoms with van der Waals surface area (Å²) in [6.45, 7) is 2.77. The maximum atomic E-state index is 13.9. The van der Waals surface area contributed by atoms with Crippen LogP contribution in [-0.2, 0) is 32.6 Å². The summed E-state index contributed by atoms with van der Waals surface area (Å²) in [5.41, 5.74) is 2.13. The molecule has 3 aromatic carbocycles. The Morgan fingerprint density at radius 3 is 2.43 bits per heavy atom. The largest absolute Gasteiger partial charge is 0.454 e. The van der Waals surface area contributed by atoms with Gasteiger partial charge in [0.05, 0.1) is 11.9 Å². The van der Waals surface area contributed by atoms with E-state index in [1.807, 2.05) is 43.3 Å². The van der Waals surface area contributed by atoms with E-state index in [0.29, 0.717) is 35.2 Å². The second kappa shape index (κ2) is 14.4. The molecule has 1 atom stereocenters. The molecule has 4 rings (SSSR count). The van der Waals surface area contributed by atoms with Crippen LogP contribution in [0.1, 0.15) is 37.3 Å². The summed E-state index contributed by atoms with van der Waals surface area (Å²) in [4.78, 5) is 28.9. The van der Waals surface area contributed by atoms with Crippen molar-refractivity contribution in [2.75, 3.05) is 30.4 Å². The van der Waals surface area contributed by atoms with E-state index in [2.05, 4.69) is 5.32 Å². The lowest BCUT2D eigenvalue weighted by molar-refractivity contribution is -0.141. The van der Waals surface area contributed by atoms with Crippen LogP contribution in [0.15, 0.2) is 72.8 Å². The Kier molecular flexibility index (Phi) is 10.7. The van der Waals surface area contributed by atoms with Gasteiger partial charge in [-0.2, -0.15) is 0 Å². The fraction of sp³-hybridized carbons (Fsp3) is 0.355. The van der Waals surface area contributed by atoms with Crippen molar-refractivity contribution in [3.63, 3.8) is 0 Å². The Balaban J connectivity index is 1.56. The first-order valence-electron chi connectivity index (χ1n) is 13.9. The molecule has 0 radical (unpaired) electrons. The van der Waals surface area contributed by atoms with E-state index in [0.717, 1.165) is 23.8 Å². The van der Waals surface area contributed by atoms with E-state index in [1.54, 1.807) is 41.3 Å². The van der Waals surface area contributed by atoms with Crippen LogP contribution in [-0.4, -0.2) is 57.3 Å². The molecule has 0 spiro atoms. The second-order valence-electron chi connectivity index (χ2n) is 10.1. The molecule has 0 aromatic heterocycles. The van der Waals surface area contributed by atoms with Crippen LogP contribution in [0.4, 0.5) is 5.69 Å². The number of amides is 2. The van der Waals surface area contributed by atoms with Crippen molar-refractivity contribution in [1.29, 1.82) is 0 Å². The third-order valence-electron chi connectivity index (χ3n) is 6.86. The molecule has 1 N–H and O–H groups in total. The third-order valence-corrected chi connectivity index (χ3v) is 8.29. The maximum absolute atomic E-state index is 13.9. The molecule has 224 valence electrons. The van der Waals surface area contributed by atoms with Crippen molar-refractivity contribution in [2.24, 2.45) is 0 Å². The lowest BCUT2D eigenvalue weighted by Crippen LogP contribution is -2.50. The first kappa shape index (κ1) is 31.2. The first-order valence-corrected chi connectivity index (χ1v) is 16.1. The highest BCUT2D eigenvalue weighted by atomic mass is 35.5.